The van der Waals surface area contributed by atoms with Crippen LogP contribution in [-0.2, 0) is 20.8 Å². The molecular formula is C22H22N6O8. The Morgan fingerprint density at radius 1 is 0.861 bits per heavy atom. The Morgan fingerprint density at radius 2 is 1.44 bits per heavy atom. The SMILES string of the molecule is [N-]=[N+]=Nc1ccc(C(=O)Nc2ccc(C[C@H](NC(=O)NC(CCC(=O)O)C(=O)O)C(=O)O)cc2)cc1. The number of amides is 3. The van der Waals surface area contributed by atoms with Gasteiger partial charge in [-0.2, -0.15) is 0 Å². The number of carbonyl (C=O) groups is 5. The molecule has 0 radical (unpaired) electrons. The van der Waals surface area contributed by atoms with Crippen molar-refractivity contribution in [1.29, 1.82) is 0 Å². The van der Waals surface area contributed by atoms with Gasteiger partial charge in [-0.05, 0) is 41.8 Å². The predicted octanol–water partition coefficient (Wildman–Crippen LogP) is 2.49. The van der Waals surface area contributed by atoms with Gasteiger partial charge in [0.1, 0.15) is 12.1 Å². The van der Waals surface area contributed by atoms with Gasteiger partial charge in [0, 0.05) is 34.7 Å². The molecule has 0 aliphatic carbocycles. The van der Waals surface area contributed by atoms with Gasteiger partial charge in [0.05, 0.1) is 0 Å². The molecule has 0 aliphatic heterocycles. The van der Waals surface area contributed by atoms with Crippen molar-refractivity contribution in [2.75, 3.05) is 5.32 Å². The van der Waals surface area contributed by atoms with E-state index in [1.807, 2.05) is 0 Å². The molecule has 0 heterocycles. The molecule has 2 rings (SSSR count). The number of carbonyl (C=O) groups excluding carboxylic acids is 2. The lowest BCUT2D eigenvalue weighted by Gasteiger charge is -2.18. The van der Waals surface area contributed by atoms with Crippen molar-refractivity contribution in [2.24, 2.45) is 5.11 Å². The zero-order valence-electron chi connectivity index (χ0n) is 18.6. The van der Waals surface area contributed by atoms with Crippen LogP contribution in [0.2, 0.25) is 0 Å². The predicted molar refractivity (Wildman–Crippen MR) is 125 cm³/mol. The molecule has 14 heteroatoms. The Hall–Kier alpha value is -5.10. The van der Waals surface area contributed by atoms with E-state index in [2.05, 4.69) is 26.0 Å². The van der Waals surface area contributed by atoms with E-state index in [1.54, 1.807) is 12.1 Å². The maximum absolute atomic E-state index is 12.4. The second kappa shape index (κ2) is 13.0. The molecule has 188 valence electrons. The zero-order chi connectivity index (χ0) is 26.7. The lowest BCUT2D eigenvalue weighted by Crippen LogP contribution is -2.51. The summed E-state index contributed by atoms with van der Waals surface area (Å²) in [6.07, 6.45) is -1.02. The molecule has 0 saturated carbocycles. The van der Waals surface area contributed by atoms with Gasteiger partial charge in [0.15, 0.2) is 0 Å². The number of carboxylic acids is 3. The van der Waals surface area contributed by atoms with Crippen molar-refractivity contribution >= 4 is 41.2 Å². The van der Waals surface area contributed by atoms with Crippen LogP contribution in [0.25, 0.3) is 10.4 Å². The van der Waals surface area contributed by atoms with Crippen LogP contribution in [0.4, 0.5) is 16.2 Å². The van der Waals surface area contributed by atoms with Gasteiger partial charge in [0.25, 0.3) is 5.91 Å². The van der Waals surface area contributed by atoms with Crippen LogP contribution >= 0.6 is 0 Å². The number of rotatable bonds is 12. The maximum Gasteiger partial charge on any atom is 0.326 e. The molecule has 2 aromatic carbocycles. The normalized spacial score (nSPS) is 11.8. The molecule has 3 amide bonds. The molecule has 1 unspecified atom stereocenters. The first-order valence-corrected chi connectivity index (χ1v) is 10.4. The van der Waals surface area contributed by atoms with Crippen LogP contribution in [0.15, 0.2) is 53.6 Å². The molecule has 0 aromatic heterocycles. The first kappa shape index (κ1) is 27.1. The number of nitrogens with zero attached hydrogens (tertiary/aromatic N) is 3. The average molecular weight is 498 g/mol. The van der Waals surface area contributed by atoms with E-state index in [0.717, 1.165) is 0 Å². The molecule has 0 fully saturated rings. The van der Waals surface area contributed by atoms with Crippen molar-refractivity contribution in [3.63, 3.8) is 0 Å². The van der Waals surface area contributed by atoms with Crippen LogP contribution in [0.5, 0.6) is 0 Å². The first-order chi connectivity index (χ1) is 17.1. The molecule has 2 atom stereocenters. The van der Waals surface area contributed by atoms with Crippen molar-refractivity contribution in [3.05, 3.63) is 70.1 Å². The lowest BCUT2D eigenvalue weighted by atomic mass is 10.1. The van der Waals surface area contributed by atoms with Gasteiger partial charge in [-0.15, -0.1) is 0 Å². The smallest absolute Gasteiger partial charge is 0.326 e. The first-order valence-electron chi connectivity index (χ1n) is 10.4. The van der Waals surface area contributed by atoms with Crippen molar-refractivity contribution in [3.8, 4) is 0 Å². The Kier molecular flexibility index (Phi) is 9.77. The topological polar surface area (TPSA) is 231 Å². The van der Waals surface area contributed by atoms with Crippen molar-refractivity contribution < 1.29 is 39.3 Å². The van der Waals surface area contributed by atoms with Crippen LogP contribution in [0.3, 0.4) is 0 Å². The Balaban J connectivity index is 1.97. The number of benzene rings is 2. The number of nitrogens with one attached hydrogen (secondary N) is 3. The number of anilines is 1. The third-order valence-corrected chi connectivity index (χ3v) is 4.80. The second-order valence-electron chi connectivity index (χ2n) is 7.42. The van der Waals surface area contributed by atoms with Gasteiger partial charge < -0.3 is 31.3 Å². The number of hydrogen-bond donors (Lipinski definition) is 6. The fraction of sp³-hybridized carbons (Fsp3) is 0.227. The van der Waals surface area contributed by atoms with Gasteiger partial charge in [-0.3, -0.25) is 9.59 Å². The Morgan fingerprint density at radius 3 is 1.97 bits per heavy atom. The summed E-state index contributed by atoms with van der Waals surface area (Å²) in [4.78, 5) is 60.5. The van der Waals surface area contributed by atoms with Crippen LogP contribution < -0.4 is 16.0 Å². The minimum atomic E-state index is -1.51. The molecule has 0 bridgehead atoms. The highest BCUT2D eigenvalue weighted by Crippen LogP contribution is 2.16. The van der Waals surface area contributed by atoms with E-state index in [0.29, 0.717) is 22.5 Å². The van der Waals surface area contributed by atoms with Gasteiger partial charge in [-0.25, -0.2) is 14.4 Å². The van der Waals surface area contributed by atoms with E-state index in [1.165, 1.54) is 36.4 Å². The number of hydrogen-bond acceptors (Lipinski definition) is 6. The molecule has 0 aliphatic rings. The summed E-state index contributed by atoms with van der Waals surface area (Å²) in [5.74, 6) is -4.49. The highest BCUT2D eigenvalue weighted by atomic mass is 16.4. The average Bonchev–Trinajstić information content (AvgIpc) is 2.82. The molecule has 14 nitrogen and oxygen atoms in total. The van der Waals surface area contributed by atoms with Crippen molar-refractivity contribution in [1.82, 2.24) is 10.6 Å². The maximum atomic E-state index is 12.4. The van der Waals surface area contributed by atoms with Gasteiger partial charge in [0.2, 0.25) is 0 Å². The summed E-state index contributed by atoms with van der Waals surface area (Å²) in [5.41, 5.74) is 10.0. The van der Waals surface area contributed by atoms with E-state index in [4.69, 9.17) is 15.7 Å². The minimum absolute atomic E-state index is 0.148. The molecule has 36 heavy (non-hydrogen) atoms. The molecule has 0 saturated heterocycles. The fourth-order valence-electron chi connectivity index (χ4n) is 2.98. The minimum Gasteiger partial charge on any atom is -0.481 e. The lowest BCUT2D eigenvalue weighted by molar-refractivity contribution is -0.140. The standard InChI is InChI=1S/C22H22N6O8/c23-28-27-15-7-3-13(4-8-15)19(31)24-14-5-1-12(2-6-14)11-17(21(34)35)26-22(36)25-16(20(32)33)9-10-18(29)30/h1-8,16-17H,9-11H2,(H,24,31)(H,29,30)(H,32,33)(H,34,35)(H2,25,26,36)/t16?,17-/m0/s1. The highest BCUT2D eigenvalue weighted by molar-refractivity contribution is 6.04. The second-order valence-corrected chi connectivity index (χ2v) is 7.42. The summed E-state index contributed by atoms with van der Waals surface area (Å²) in [6.45, 7) is 0. The zero-order valence-corrected chi connectivity index (χ0v) is 18.6. The van der Waals surface area contributed by atoms with Crippen LogP contribution in [0, 0.1) is 0 Å². The number of carboxylic acid groups (broad SMARTS) is 3. The van der Waals surface area contributed by atoms with Crippen molar-refractivity contribution in [2.45, 2.75) is 31.3 Å². The third-order valence-electron chi connectivity index (χ3n) is 4.80. The fourth-order valence-corrected chi connectivity index (χ4v) is 2.98. The molecule has 2 aromatic rings. The Bertz CT molecular complexity index is 1180. The van der Waals surface area contributed by atoms with Gasteiger partial charge >= 0.3 is 23.9 Å². The van der Waals surface area contributed by atoms with Gasteiger partial charge in [-0.1, -0.05) is 29.4 Å². The van der Waals surface area contributed by atoms with E-state index in [-0.39, 0.29) is 12.8 Å². The van der Waals surface area contributed by atoms with E-state index in [9.17, 15) is 29.1 Å². The number of urea groups is 1. The van der Waals surface area contributed by atoms with E-state index >= 15 is 0 Å². The highest BCUT2D eigenvalue weighted by Gasteiger charge is 2.25. The summed E-state index contributed by atoms with van der Waals surface area (Å²) in [6, 6.07) is 8.11. The van der Waals surface area contributed by atoms with Crippen LogP contribution in [-0.4, -0.2) is 57.2 Å². The monoisotopic (exact) mass is 498 g/mol. The molecular weight excluding hydrogens is 476 g/mol. The number of aliphatic carboxylic acids is 3. The molecule has 0 spiro atoms. The van der Waals surface area contributed by atoms with Crippen LogP contribution in [0.1, 0.15) is 28.8 Å². The largest absolute Gasteiger partial charge is 0.481 e. The Labute approximate surface area is 203 Å². The third kappa shape index (κ3) is 8.68. The summed E-state index contributed by atoms with van der Waals surface area (Å²) in [5, 5.41) is 37.5. The summed E-state index contributed by atoms with van der Waals surface area (Å²) >= 11 is 0. The van der Waals surface area contributed by atoms with E-state index < -0.39 is 48.4 Å². The quantitative estimate of drug-likeness (QED) is 0.144. The number of azide groups is 1. The summed E-state index contributed by atoms with van der Waals surface area (Å²) in [7, 11) is 0. The molecule has 6 N–H and O–H groups in total. The summed E-state index contributed by atoms with van der Waals surface area (Å²) < 4.78 is 0.